The standard InChI is InChI=1S/C16H15FO2/c17-15-7-2-1-5-13(15)10-12-4-3-6-14(11-12)16-18-8-9-19-16/h1-7,11,16H,8-10H2. The van der Waals surface area contributed by atoms with Crippen LogP contribution in [0.25, 0.3) is 0 Å². The second-order valence-electron chi connectivity index (χ2n) is 4.59. The van der Waals surface area contributed by atoms with E-state index in [1.807, 2.05) is 36.4 Å². The molecule has 2 aromatic carbocycles. The van der Waals surface area contributed by atoms with E-state index in [9.17, 15) is 4.39 Å². The molecular weight excluding hydrogens is 243 g/mol. The zero-order valence-electron chi connectivity index (χ0n) is 10.5. The third kappa shape index (κ3) is 2.83. The second-order valence-corrected chi connectivity index (χ2v) is 4.59. The maximum Gasteiger partial charge on any atom is 0.184 e. The number of rotatable bonds is 3. The van der Waals surface area contributed by atoms with Gasteiger partial charge in [0.1, 0.15) is 5.82 Å². The quantitative estimate of drug-likeness (QED) is 0.839. The van der Waals surface area contributed by atoms with Gasteiger partial charge in [0.15, 0.2) is 6.29 Å². The van der Waals surface area contributed by atoms with Gasteiger partial charge in [-0.2, -0.15) is 0 Å². The van der Waals surface area contributed by atoms with Crippen LogP contribution in [0.4, 0.5) is 4.39 Å². The van der Waals surface area contributed by atoms with Gasteiger partial charge in [-0.3, -0.25) is 0 Å². The predicted molar refractivity (Wildman–Crippen MR) is 70.3 cm³/mol. The molecule has 2 nitrogen and oxygen atoms in total. The molecule has 1 heterocycles. The summed E-state index contributed by atoms with van der Waals surface area (Å²) in [5.74, 6) is -0.165. The van der Waals surface area contributed by atoms with Crippen molar-refractivity contribution in [3.05, 3.63) is 71.0 Å². The van der Waals surface area contributed by atoms with Crippen LogP contribution in [0.15, 0.2) is 48.5 Å². The Bertz CT molecular complexity index is 562. The van der Waals surface area contributed by atoms with Crippen molar-refractivity contribution in [2.24, 2.45) is 0 Å². The number of hydrogen-bond donors (Lipinski definition) is 0. The molecule has 0 spiro atoms. The van der Waals surface area contributed by atoms with Crippen LogP contribution in [0.3, 0.4) is 0 Å². The zero-order chi connectivity index (χ0) is 13.1. The van der Waals surface area contributed by atoms with Crippen molar-refractivity contribution in [2.75, 3.05) is 13.2 Å². The van der Waals surface area contributed by atoms with E-state index in [4.69, 9.17) is 9.47 Å². The molecule has 0 bridgehead atoms. The van der Waals surface area contributed by atoms with Crippen molar-refractivity contribution in [3.8, 4) is 0 Å². The van der Waals surface area contributed by atoms with Crippen LogP contribution >= 0.6 is 0 Å². The SMILES string of the molecule is Fc1ccccc1Cc1cccc(C2OCCO2)c1. The number of hydrogen-bond acceptors (Lipinski definition) is 2. The number of halogens is 1. The highest BCUT2D eigenvalue weighted by Gasteiger charge is 2.18. The molecule has 0 atom stereocenters. The predicted octanol–water partition coefficient (Wildman–Crippen LogP) is 3.46. The molecule has 0 aliphatic carbocycles. The van der Waals surface area contributed by atoms with Gasteiger partial charge in [-0.25, -0.2) is 4.39 Å². The molecule has 3 rings (SSSR count). The van der Waals surface area contributed by atoms with Crippen LogP contribution < -0.4 is 0 Å². The minimum absolute atomic E-state index is 0.165. The van der Waals surface area contributed by atoms with E-state index in [2.05, 4.69) is 0 Å². The Morgan fingerprint density at radius 2 is 1.79 bits per heavy atom. The molecule has 1 saturated heterocycles. The third-order valence-corrected chi connectivity index (χ3v) is 3.20. The molecule has 0 unspecified atom stereocenters. The van der Waals surface area contributed by atoms with Crippen molar-refractivity contribution < 1.29 is 13.9 Å². The molecule has 0 radical (unpaired) electrons. The lowest BCUT2D eigenvalue weighted by atomic mass is 10.0. The fourth-order valence-corrected chi connectivity index (χ4v) is 2.26. The fraction of sp³-hybridized carbons (Fsp3) is 0.250. The molecular formula is C16H15FO2. The molecule has 3 heteroatoms. The Morgan fingerprint density at radius 1 is 1.00 bits per heavy atom. The first-order chi connectivity index (χ1) is 9.33. The van der Waals surface area contributed by atoms with Crippen LogP contribution in [0.5, 0.6) is 0 Å². The monoisotopic (exact) mass is 258 g/mol. The Morgan fingerprint density at radius 3 is 2.58 bits per heavy atom. The summed E-state index contributed by atoms with van der Waals surface area (Å²) in [7, 11) is 0. The van der Waals surface area contributed by atoms with Gasteiger partial charge in [0.05, 0.1) is 13.2 Å². The first kappa shape index (κ1) is 12.3. The zero-order valence-corrected chi connectivity index (χ0v) is 10.5. The molecule has 98 valence electrons. The van der Waals surface area contributed by atoms with E-state index < -0.39 is 0 Å². The van der Waals surface area contributed by atoms with E-state index in [1.165, 1.54) is 6.07 Å². The Hall–Kier alpha value is -1.71. The van der Waals surface area contributed by atoms with Gasteiger partial charge in [0, 0.05) is 12.0 Å². The highest BCUT2D eigenvalue weighted by atomic mass is 19.1. The van der Waals surface area contributed by atoms with Gasteiger partial charge >= 0.3 is 0 Å². The summed E-state index contributed by atoms with van der Waals surface area (Å²) in [6.07, 6.45) is 0.299. The van der Waals surface area contributed by atoms with Crippen LogP contribution in [0.1, 0.15) is 23.0 Å². The highest BCUT2D eigenvalue weighted by Crippen LogP contribution is 2.24. The van der Waals surface area contributed by atoms with E-state index >= 15 is 0 Å². The summed E-state index contributed by atoms with van der Waals surface area (Å²) in [6.45, 7) is 1.25. The van der Waals surface area contributed by atoms with Gasteiger partial charge in [-0.15, -0.1) is 0 Å². The topological polar surface area (TPSA) is 18.5 Å². The molecule has 1 fully saturated rings. The first-order valence-electron chi connectivity index (χ1n) is 6.38. The average molecular weight is 258 g/mol. The van der Waals surface area contributed by atoms with Gasteiger partial charge in [-0.1, -0.05) is 42.5 Å². The maximum absolute atomic E-state index is 13.6. The van der Waals surface area contributed by atoms with Crippen molar-refractivity contribution >= 4 is 0 Å². The lowest BCUT2D eigenvalue weighted by Gasteiger charge is -2.11. The number of ether oxygens (including phenoxy) is 2. The van der Waals surface area contributed by atoms with E-state index in [-0.39, 0.29) is 12.1 Å². The third-order valence-electron chi connectivity index (χ3n) is 3.20. The van der Waals surface area contributed by atoms with Crippen molar-refractivity contribution in [1.29, 1.82) is 0 Å². The molecule has 0 N–H and O–H groups in total. The lowest BCUT2D eigenvalue weighted by molar-refractivity contribution is -0.0441. The van der Waals surface area contributed by atoms with Crippen LogP contribution in [-0.2, 0) is 15.9 Å². The summed E-state index contributed by atoms with van der Waals surface area (Å²) < 4.78 is 24.6. The molecule has 2 aromatic rings. The van der Waals surface area contributed by atoms with E-state index in [0.29, 0.717) is 25.2 Å². The largest absolute Gasteiger partial charge is 0.346 e. The lowest BCUT2D eigenvalue weighted by Crippen LogP contribution is -1.99. The van der Waals surface area contributed by atoms with Gasteiger partial charge < -0.3 is 9.47 Å². The van der Waals surface area contributed by atoms with E-state index in [1.54, 1.807) is 6.07 Å². The van der Waals surface area contributed by atoms with Gasteiger partial charge in [0.2, 0.25) is 0 Å². The summed E-state index contributed by atoms with van der Waals surface area (Å²) in [4.78, 5) is 0. The minimum Gasteiger partial charge on any atom is -0.346 e. The van der Waals surface area contributed by atoms with E-state index in [0.717, 1.165) is 11.1 Å². The Labute approximate surface area is 111 Å². The maximum atomic E-state index is 13.6. The molecule has 1 aliphatic rings. The highest BCUT2D eigenvalue weighted by molar-refractivity contribution is 5.30. The Balaban J connectivity index is 1.81. The van der Waals surface area contributed by atoms with Crippen molar-refractivity contribution in [2.45, 2.75) is 12.7 Å². The molecule has 0 amide bonds. The summed E-state index contributed by atoms with van der Waals surface area (Å²) in [6, 6.07) is 14.8. The second kappa shape index (κ2) is 5.51. The van der Waals surface area contributed by atoms with Crippen molar-refractivity contribution in [3.63, 3.8) is 0 Å². The summed E-state index contributed by atoms with van der Waals surface area (Å²) >= 11 is 0. The normalized spacial score (nSPS) is 15.8. The van der Waals surface area contributed by atoms with Crippen molar-refractivity contribution in [1.82, 2.24) is 0 Å². The smallest absolute Gasteiger partial charge is 0.184 e. The first-order valence-corrected chi connectivity index (χ1v) is 6.38. The molecule has 0 aromatic heterocycles. The minimum atomic E-state index is -0.277. The Kier molecular flexibility index (Phi) is 3.58. The van der Waals surface area contributed by atoms with Crippen LogP contribution in [0.2, 0.25) is 0 Å². The summed E-state index contributed by atoms with van der Waals surface area (Å²) in [5, 5.41) is 0. The molecule has 1 aliphatic heterocycles. The van der Waals surface area contributed by atoms with Crippen LogP contribution in [0, 0.1) is 5.82 Å². The van der Waals surface area contributed by atoms with Gasteiger partial charge in [-0.05, 0) is 17.2 Å². The molecule has 0 saturated carbocycles. The van der Waals surface area contributed by atoms with Gasteiger partial charge in [0.25, 0.3) is 0 Å². The molecule has 19 heavy (non-hydrogen) atoms. The fourth-order valence-electron chi connectivity index (χ4n) is 2.26. The number of benzene rings is 2. The van der Waals surface area contributed by atoms with Crippen LogP contribution in [-0.4, -0.2) is 13.2 Å². The average Bonchev–Trinajstić information content (AvgIpc) is 2.96. The summed E-state index contributed by atoms with van der Waals surface area (Å²) in [5.41, 5.74) is 2.75.